The molecule has 2 aromatic rings. The molecule has 1 atom stereocenters. The highest BCUT2D eigenvalue weighted by atomic mass is 16.5. The number of carbonyl (C=O) groups excluding carboxylic acids is 1. The van der Waals surface area contributed by atoms with Crippen LogP contribution in [0.25, 0.3) is 10.9 Å². The standard InChI is InChI=1S/C22H31N3O3/c1-27-16-15-25-14-10-18-19(25)6-4-7-21(18)28-17-8-12-24(13-9-17)20-5-2-3-11-23-22(20)26/h4,6-7,10,14,17,20H,2-3,5,8-9,11-13,15-16H2,1H3,(H,23,26). The van der Waals surface area contributed by atoms with E-state index in [-0.39, 0.29) is 18.1 Å². The number of hydrogen-bond donors (Lipinski definition) is 1. The molecule has 1 amide bonds. The average Bonchev–Trinajstić information content (AvgIpc) is 3.01. The van der Waals surface area contributed by atoms with Crippen LogP contribution in [-0.2, 0) is 16.1 Å². The SMILES string of the molecule is COCCn1ccc2c(OC3CCN(C4CCCCNC4=O)CC3)cccc21. The summed E-state index contributed by atoms with van der Waals surface area (Å²) in [4.78, 5) is 14.7. The number of hydrogen-bond acceptors (Lipinski definition) is 4. The first-order valence-electron chi connectivity index (χ1n) is 10.5. The fourth-order valence-corrected chi connectivity index (χ4v) is 4.44. The largest absolute Gasteiger partial charge is 0.490 e. The van der Waals surface area contributed by atoms with Gasteiger partial charge in [-0.3, -0.25) is 9.69 Å². The first-order chi connectivity index (χ1) is 13.8. The number of ether oxygens (including phenoxy) is 2. The minimum Gasteiger partial charge on any atom is -0.490 e. The minimum atomic E-state index is 0.0432. The lowest BCUT2D eigenvalue weighted by molar-refractivity contribution is -0.127. The van der Waals surface area contributed by atoms with Gasteiger partial charge in [0.25, 0.3) is 0 Å². The van der Waals surface area contributed by atoms with Gasteiger partial charge in [-0.2, -0.15) is 0 Å². The van der Waals surface area contributed by atoms with Crippen molar-refractivity contribution in [3.63, 3.8) is 0 Å². The smallest absolute Gasteiger partial charge is 0.237 e. The van der Waals surface area contributed by atoms with Gasteiger partial charge >= 0.3 is 0 Å². The second-order valence-electron chi connectivity index (χ2n) is 7.85. The highest BCUT2D eigenvalue weighted by Crippen LogP contribution is 2.29. The second kappa shape index (κ2) is 8.97. The predicted molar refractivity (Wildman–Crippen MR) is 110 cm³/mol. The lowest BCUT2D eigenvalue weighted by Crippen LogP contribution is -2.50. The quantitative estimate of drug-likeness (QED) is 0.831. The summed E-state index contributed by atoms with van der Waals surface area (Å²) in [6.07, 6.45) is 7.43. The highest BCUT2D eigenvalue weighted by molar-refractivity contribution is 5.86. The first kappa shape index (κ1) is 19.3. The van der Waals surface area contributed by atoms with Crippen molar-refractivity contribution in [2.24, 2.45) is 0 Å². The Bertz CT molecular complexity index is 795. The van der Waals surface area contributed by atoms with Crippen molar-refractivity contribution >= 4 is 16.8 Å². The molecule has 2 fully saturated rings. The number of aromatic nitrogens is 1. The van der Waals surface area contributed by atoms with E-state index in [9.17, 15) is 4.79 Å². The van der Waals surface area contributed by atoms with Gasteiger partial charge in [0.15, 0.2) is 0 Å². The Balaban J connectivity index is 1.38. The van der Waals surface area contributed by atoms with Gasteiger partial charge in [0.1, 0.15) is 11.9 Å². The van der Waals surface area contributed by atoms with Gasteiger partial charge in [0.2, 0.25) is 5.91 Å². The number of amides is 1. The molecule has 0 radical (unpaired) electrons. The molecule has 2 saturated heterocycles. The Morgan fingerprint density at radius 3 is 2.82 bits per heavy atom. The van der Waals surface area contributed by atoms with E-state index in [0.717, 1.165) is 69.4 Å². The molecule has 1 aromatic heterocycles. The molecule has 0 spiro atoms. The summed E-state index contributed by atoms with van der Waals surface area (Å²) in [6, 6.07) is 8.43. The summed E-state index contributed by atoms with van der Waals surface area (Å²) < 4.78 is 13.8. The third-order valence-electron chi connectivity index (χ3n) is 6.03. The van der Waals surface area contributed by atoms with Gasteiger partial charge in [-0.15, -0.1) is 0 Å². The van der Waals surface area contributed by atoms with E-state index in [2.05, 4.69) is 45.2 Å². The summed E-state index contributed by atoms with van der Waals surface area (Å²) >= 11 is 0. The summed E-state index contributed by atoms with van der Waals surface area (Å²) in [5.74, 6) is 1.17. The van der Waals surface area contributed by atoms with E-state index >= 15 is 0 Å². The molecule has 0 aliphatic carbocycles. The second-order valence-corrected chi connectivity index (χ2v) is 7.85. The molecule has 1 aromatic carbocycles. The number of fused-ring (bicyclic) bond motifs is 1. The van der Waals surface area contributed by atoms with Crippen LogP contribution in [0.5, 0.6) is 5.75 Å². The molecule has 4 rings (SSSR count). The van der Waals surface area contributed by atoms with E-state index in [1.807, 2.05) is 0 Å². The van der Waals surface area contributed by atoms with E-state index < -0.39 is 0 Å². The molecular formula is C22H31N3O3. The van der Waals surface area contributed by atoms with Gasteiger partial charge in [0.05, 0.1) is 18.2 Å². The topological polar surface area (TPSA) is 55.7 Å². The molecule has 28 heavy (non-hydrogen) atoms. The van der Waals surface area contributed by atoms with Gasteiger partial charge in [-0.05, 0) is 50.3 Å². The lowest BCUT2D eigenvalue weighted by atomic mass is 10.0. The molecule has 1 unspecified atom stereocenters. The zero-order valence-electron chi connectivity index (χ0n) is 16.7. The molecule has 6 nitrogen and oxygen atoms in total. The van der Waals surface area contributed by atoms with Crippen LogP contribution in [0.15, 0.2) is 30.5 Å². The van der Waals surface area contributed by atoms with Crippen molar-refractivity contribution in [3.8, 4) is 5.75 Å². The number of likely N-dealkylation sites (tertiary alicyclic amines) is 1. The number of piperidine rings is 1. The predicted octanol–water partition coefficient (Wildman–Crippen LogP) is 2.80. The van der Waals surface area contributed by atoms with Crippen molar-refractivity contribution in [2.45, 2.75) is 50.8 Å². The van der Waals surface area contributed by atoms with E-state index in [1.54, 1.807) is 7.11 Å². The third-order valence-corrected chi connectivity index (χ3v) is 6.03. The summed E-state index contributed by atoms with van der Waals surface area (Å²) in [5.41, 5.74) is 1.18. The van der Waals surface area contributed by atoms with Gasteiger partial charge in [-0.1, -0.05) is 6.07 Å². The average molecular weight is 386 g/mol. The fraction of sp³-hybridized carbons (Fsp3) is 0.591. The summed E-state index contributed by atoms with van der Waals surface area (Å²) in [5, 5.41) is 4.21. The Kier molecular flexibility index (Phi) is 6.17. The normalized spacial score (nSPS) is 22.2. The van der Waals surface area contributed by atoms with Gasteiger partial charge < -0.3 is 19.4 Å². The van der Waals surface area contributed by atoms with Crippen molar-refractivity contribution in [1.29, 1.82) is 0 Å². The Morgan fingerprint density at radius 1 is 1.14 bits per heavy atom. The van der Waals surface area contributed by atoms with Crippen LogP contribution in [0.1, 0.15) is 32.1 Å². The van der Waals surface area contributed by atoms with Crippen LogP contribution in [-0.4, -0.2) is 60.9 Å². The van der Waals surface area contributed by atoms with Crippen LogP contribution < -0.4 is 10.1 Å². The van der Waals surface area contributed by atoms with E-state index in [1.165, 1.54) is 5.52 Å². The summed E-state index contributed by atoms with van der Waals surface area (Å²) in [7, 11) is 1.73. The Labute approximate surface area is 166 Å². The number of nitrogens with zero attached hydrogens (tertiary/aromatic N) is 2. The summed E-state index contributed by atoms with van der Waals surface area (Å²) in [6.45, 7) is 4.21. The monoisotopic (exact) mass is 385 g/mol. The lowest BCUT2D eigenvalue weighted by Gasteiger charge is -2.36. The molecule has 2 aliphatic rings. The zero-order valence-corrected chi connectivity index (χ0v) is 16.7. The molecular weight excluding hydrogens is 354 g/mol. The van der Waals surface area contributed by atoms with Crippen molar-refractivity contribution < 1.29 is 14.3 Å². The number of carbonyl (C=O) groups is 1. The molecule has 1 N–H and O–H groups in total. The number of methoxy groups -OCH3 is 1. The maximum atomic E-state index is 12.3. The number of benzene rings is 1. The third kappa shape index (κ3) is 4.18. The Hall–Kier alpha value is -2.05. The minimum absolute atomic E-state index is 0.0432. The first-order valence-corrected chi connectivity index (χ1v) is 10.5. The van der Waals surface area contributed by atoms with Crippen LogP contribution in [0.2, 0.25) is 0 Å². The Morgan fingerprint density at radius 2 is 2.00 bits per heavy atom. The van der Waals surface area contributed by atoms with Gasteiger partial charge in [0, 0.05) is 44.9 Å². The fourth-order valence-electron chi connectivity index (χ4n) is 4.44. The van der Waals surface area contributed by atoms with Crippen molar-refractivity contribution in [3.05, 3.63) is 30.5 Å². The molecule has 6 heteroatoms. The van der Waals surface area contributed by atoms with Crippen LogP contribution in [0, 0.1) is 0 Å². The number of nitrogens with one attached hydrogen (secondary N) is 1. The zero-order chi connectivity index (χ0) is 19.3. The molecule has 0 saturated carbocycles. The van der Waals surface area contributed by atoms with E-state index in [4.69, 9.17) is 9.47 Å². The number of rotatable bonds is 6. The van der Waals surface area contributed by atoms with Crippen LogP contribution in [0.3, 0.4) is 0 Å². The van der Waals surface area contributed by atoms with Crippen molar-refractivity contribution in [1.82, 2.24) is 14.8 Å². The van der Waals surface area contributed by atoms with Crippen LogP contribution >= 0.6 is 0 Å². The molecule has 2 aliphatic heterocycles. The van der Waals surface area contributed by atoms with Gasteiger partial charge in [-0.25, -0.2) is 0 Å². The molecule has 152 valence electrons. The highest BCUT2D eigenvalue weighted by Gasteiger charge is 2.31. The maximum Gasteiger partial charge on any atom is 0.237 e. The van der Waals surface area contributed by atoms with E-state index in [0.29, 0.717) is 6.61 Å². The van der Waals surface area contributed by atoms with Crippen LogP contribution in [0.4, 0.5) is 0 Å². The molecule has 3 heterocycles. The maximum absolute atomic E-state index is 12.3. The van der Waals surface area contributed by atoms with Crippen molar-refractivity contribution in [2.75, 3.05) is 33.4 Å². The molecule has 0 bridgehead atoms.